The molecule has 0 spiro atoms. The number of ether oxygens (including phenoxy) is 3. The van der Waals surface area contributed by atoms with E-state index in [4.69, 9.17) is 14.2 Å². The van der Waals surface area contributed by atoms with Gasteiger partial charge in [-0.1, -0.05) is 53.7 Å². The van der Waals surface area contributed by atoms with Crippen LogP contribution in [0.5, 0.6) is 17.2 Å². The number of para-hydroxylation sites is 1. The minimum absolute atomic E-state index is 0.0474. The Balaban J connectivity index is 1.86. The number of hydrogen-bond donors (Lipinski definition) is 5. The van der Waals surface area contributed by atoms with Gasteiger partial charge >= 0.3 is 0 Å². The highest BCUT2D eigenvalue weighted by atomic mass is 16.5. The Morgan fingerprint density at radius 2 is 1.54 bits per heavy atom. The van der Waals surface area contributed by atoms with Gasteiger partial charge in [0.05, 0.1) is 25.3 Å². The average molecular weight is 696 g/mol. The third-order valence-corrected chi connectivity index (χ3v) is 8.30. The lowest BCUT2D eigenvalue weighted by Gasteiger charge is -2.29. The van der Waals surface area contributed by atoms with Gasteiger partial charge in [-0.05, 0) is 67.0 Å². The number of nitrogens with one attached hydrogen (secondary N) is 5. The Bertz CT molecular complexity index is 1450. The number of carbonyl (C=O) groups is 5. The molecule has 0 saturated carbocycles. The van der Waals surface area contributed by atoms with Gasteiger partial charge in [0.2, 0.25) is 23.6 Å². The predicted molar refractivity (Wildman–Crippen MR) is 189 cm³/mol. The molecule has 0 aliphatic carbocycles. The smallest absolute Gasteiger partial charge is 0.255 e. The third-order valence-electron chi connectivity index (χ3n) is 8.30. The molecule has 274 valence electrons. The van der Waals surface area contributed by atoms with E-state index in [9.17, 15) is 24.0 Å². The maximum absolute atomic E-state index is 13.6. The molecule has 5 N–H and O–H groups in total. The van der Waals surface area contributed by atoms with Gasteiger partial charge in [0, 0.05) is 6.42 Å². The van der Waals surface area contributed by atoms with Gasteiger partial charge in [0.15, 0.2) is 0 Å². The minimum Gasteiger partial charge on any atom is -0.497 e. The van der Waals surface area contributed by atoms with E-state index in [1.54, 1.807) is 55.6 Å². The molecular formula is C37H53N5O8. The van der Waals surface area contributed by atoms with Crippen LogP contribution in [0.2, 0.25) is 0 Å². The van der Waals surface area contributed by atoms with E-state index in [0.29, 0.717) is 17.9 Å². The minimum atomic E-state index is -1.09. The first kappa shape index (κ1) is 39.6. The third kappa shape index (κ3) is 12.3. The summed E-state index contributed by atoms with van der Waals surface area (Å²) in [4.78, 5) is 67.4. The maximum Gasteiger partial charge on any atom is 0.255 e. The molecule has 1 aliphatic heterocycles. The van der Waals surface area contributed by atoms with Crippen molar-refractivity contribution in [2.75, 3.05) is 26.9 Å². The summed E-state index contributed by atoms with van der Waals surface area (Å²) >= 11 is 0. The van der Waals surface area contributed by atoms with Crippen molar-refractivity contribution in [3.8, 4) is 17.2 Å². The van der Waals surface area contributed by atoms with Gasteiger partial charge in [-0.25, -0.2) is 0 Å². The van der Waals surface area contributed by atoms with E-state index in [2.05, 4.69) is 26.6 Å². The van der Waals surface area contributed by atoms with Gasteiger partial charge in [0.1, 0.15) is 48.6 Å². The van der Waals surface area contributed by atoms with Crippen LogP contribution in [-0.2, 0) is 19.2 Å². The maximum atomic E-state index is 13.6. The fourth-order valence-electron chi connectivity index (χ4n) is 5.31. The molecule has 5 amide bonds. The van der Waals surface area contributed by atoms with Gasteiger partial charge in [-0.2, -0.15) is 0 Å². The Morgan fingerprint density at radius 1 is 0.860 bits per heavy atom. The normalized spacial score (nSPS) is 21.1. The monoisotopic (exact) mass is 695 g/mol. The zero-order valence-electron chi connectivity index (χ0n) is 30.2. The van der Waals surface area contributed by atoms with Crippen LogP contribution in [0.15, 0.2) is 48.5 Å². The van der Waals surface area contributed by atoms with Crippen molar-refractivity contribution in [3.63, 3.8) is 0 Å². The van der Waals surface area contributed by atoms with E-state index in [0.717, 1.165) is 0 Å². The molecule has 13 nitrogen and oxygen atoms in total. The number of hydrogen-bond acceptors (Lipinski definition) is 8. The van der Waals surface area contributed by atoms with Crippen LogP contribution in [0.4, 0.5) is 0 Å². The fourth-order valence-corrected chi connectivity index (χ4v) is 5.31. The van der Waals surface area contributed by atoms with E-state index in [1.165, 1.54) is 0 Å². The summed E-state index contributed by atoms with van der Waals surface area (Å²) in [6.07, 6.45) is 0.122. The van der Waals surface area contributed by atoms with Gasteiger partial charge in [0.25, 0.3) is 5.91 Å². The Labute approximate surface area is 295 Å². The summed E-state index contributed by atoms with van der Waals surface area (Å²) in [6, 6.07) is 10.3. The van der Waals surface area contributed by atoms with Gasteiger partial charge < -0.3 is 40.8 Å². The standard InChI is InChI=1S/C37H53N5O8/c1-22(2)20-29-36(46)42-33(24(5)6)37(47)41-30(23(3)4)21-50-31-11-9-8-10-27(31)34(44)40-28(16-17-32(43)39-29)35(45)38-18-19-49-26-14-12-25(48-7)13-15-26/h8-15,22-24,28-30,33H,16-21H2,1-7H3,(H,38,45)(H,39,43)(H,40,44)(H,41,47)(H,42,46)/t28-,29+,30-,33-/m0/s1. The highest BCUT2D eigenvalue weighted by Gasteiger charge is 2.32. The summed E-state index contributed by atoms with van der Waals surface area (Å²) in [5, 5.41) is 14.2. The molecular weight excluding hydrogens is 642 g/mol. The van der Waals surface area contributed by atoms with Crippen LogP contribution in [0.3, 0.4) is 0 Å². The molecule has 0 radical (unpaired) electrons. The highest BCUT2D eigenvalue weighted by molar-refractivity contribution is 6.00. The summed E-state index contributed by atoms with van der Waals surface area (Å²) in [7, 11) is 1.57. The topological polar surface area (TPSA) is 173 Å². The van der Waals surface area contributed by atoms with Crippen molar-refractivity contribution in [1.82, 2.24) is 26.6 Å². The molecule has 0 saturated heterocycles. The molecule has 0 bridgehead atoms. The summed E-state index contributed by atoms with van der Waals surface area (Å²) in [6.45, 7) is 11.7. The second-order valence-electron chi connectivity index (χ2n) is 13.5. The summed E-state index contributed by atoms with van der Waals surface area (Å²) in [5.74, 6) is -1.11. The molecule has 1 heterocycles. The van der Waals surface area contributed by atoms with Crippen LogP contribution in [0.25, 0.3) is 0 Å². The first-order chi connectivity index (χ1) is 23.8. The van der Waals surface area contributed by atoms with E-state index in [1.807, 2.05) is 41.5 Å². The Hall–Kier alpha value is -4.81. The van der Waals surface area contributed by atoms with Crippen molar-refractivity contribution in [3.05, 3.63) is 54.1 Å². The molecule has 4 atom stereocenters. The zero-order chi connectivity index (χ0) is 36.8. The van der Waals surface area contributed by atoms with Crippen LogP contribution < -0.4 is 40.8 Å². The second kappa shape index (κ2) is 19.4. The number of rotatable bonds is 10. The summed E-state index contributed by atoms with van der Waals surface area (Å²) in [5.41, 5.74) is 0.192. The average Bonchev–Trinajstić information content (AvgIpc) is 3.08. The van der Waals surface area contributed by atoms with Crippen LogP contribution in [0.1, 0.15) is 71.2 Å². The number of carbonyl (C=O) groups excluding carboxylic acids is 5. The van der Waals surface area contributed by atoms with Crippen molar-refractivity contribution in [2.24, 2.45) is 17.8 Å². The quantitative estimate of drug-likeness (QED) is 0.236. The molecule has 2 aromatic rings. The number of amides is 5. The first-order valence-electron chi connectivity index (χ1n) is 17.3. The Morgan fingerprint density at radius 3 is 2.18 bits per heavy atom. The molecule has 0 aromatic heterocycles. The van der Waals surface area contributed by atoms with Gasteiger partial charge in [-0.15, -0.1) is 0 Å². The lowest BCUT2D eigenvalue weighted by molar-refractivity contribution is -0.133. The fraction of sp³-hybridized carbons (Fsp3) is 0.541. The van der Waals surface area contributed by atoms with Crippen LogP contribution in [0, 0.1) is 17.8 Å². The van der Waals surface area contributed by atoms with E-state index in [-0.39, 0.29) is 67.6 Å². The number of fused-ring (bicyclic) bond motifs is 1. The second-order valence-corrected chi connectivity index (χ2v) is 13.5. The lowest BCUT2D eigenvalue weighted by atomic mass is 9.98. The molecule has 50 heavy (non-hydrogen) atoms. The number of benzene rings is 2. The van der Waals surface area contributed by atoms with E-state index < -0.39 is 47.8 Å². The van der Waals surface area contributed by atoms with Crippen molar-refractivity contribution in [1.29, 1.82) is 0 Å². The van der Waals surface area contributed by atoms with Crippen LogP contribution >= 0.6 is 0 Å². The lowest BCUT2D eigenvalue weighted by Crippen LogP contribution is -2.58. The largest absolute Gasteiger partial charge is 0.497 e. The van der Waals surface area contributed by atoms with Crippen molar-refractivity contribution < 1.29 is 38.2 Å². The Kier molecular flexibility index (Phi) is 15.4. The SMILES string of the molecule is COc1ccc(OCCNC(=O)[C@@H]2CCC(=O)N[C@H](CC(C)C)C(=O)N[C@@H](C(C)C)C(=O)N[C@H](C(C)C)COc3ccccc3C(=O)N2)cc1. The molecule has 13 heteroatoms. The summed E-state index contributed by atoms with van der Waals surface area (Å²) < 4.78 is 17.0. The molecule has 0 unspecified atom stereocenters. The van der Waals surface area contributed by atoms with Crippen molar-refractivity contribution in [2.45, 2.75) is 85.0 Å². The zero-order valence-corrected chi connectivity index (χ0v) is 30.2. The molecule has 1 aliphatic rings. The molecule has 3 rings (SSSR count). The molecule has 2 aromatic carbocycles. The van der Waals surface area contributed by atoms with Crippen molar-refractivity contribution >= 4 is 29.5 Å². The first-order valence-corrected chi connectivity index (χ1v) is 17.3. The predicted octanol–water partition coefficient (Wildman–Crippen LogP) is 2.97. The molecule has 0 fully saturated rings. The number of methoxy groups -OCH3 is 1. The highest BCUT2D eigenvalue weighted by Crippen LogP contribution is 2.20. The van der Waals surface area contributed by atoms with Crippen LogP contribution in [-0.4, -0.2) is 80.6 Å². The van der Waals surface area contributed by atoms with E-state index >= 15 is 0 Å². The van der Waals surface area contributed by atoms with Gasteiger partial charge in [-0.3, -0.25) is 24.0 Å².